The lowest BCUT2D eigenvalue weighted by atomic mass is 9.88. The topological polar surface area (TPSA) is 3.24 Å². The molecule has 0 saturated carbocycles. The van der Waals surface area contributed by atoms with Gasteiger partial charge in [-0.3, -0.25) is 0 Å². The molecular weight excluding hydrogens is 194 g/mol. The molecule has 1 rings (SSSR count). The first-order chi connectivity index (χ1) is 7.41. The second-order valence-corrected chi connectivity index (χ2v) is 5.24. The van der Waals surface area contributed by atoms with E-state index in [0.717, 1.165) is 18.5 Å². The van der Waals surface area contributed by atoms with Crippen molar-refractivity contribution in [2.45, 2.75) is 27.2 Å². The van der Waals surface area contributed by atoms with E-state index in [1.165, 1.54) is 5.70 Å². The van der Waals surface area contributed by atoms with Crippen molar-refractivity contribution in [1.82, 2.24) is 4.90 Å². The fraction of sp³-hybridized carbons (Fsp3) is 0.467. The van der Waals surface area contributed by atoms with Gasteiger partial charge >= 0.3 is 0 Å². The van der Waals surface area contributed by atoms with Gasteiger partial charge in [-0.15, -0.1) is 0 Å². The molecule has 0 aromatic carbocycles. The minimum atomic E-state index is 0.232. The van der Waals surface area contributed by atoms with Crippen molar-refractivity contribution >= 4 is 0 Å². The molecule has 0 spiro atoms. The van der Waals surface area contributed by atoms with Crippen molar-refractivity contribution in [1.29, 1.82) is 0 Å². The van der Waals surface area contributed by atoms with Crippen LogP contribution in [0.15, 0.2) is 48.2 Å². The maximum Gasteiger partial charge on any atom is 0.0353 e. The van der Waals surface area contributed by atoms with E-state index in [2.05, 4.69) is 69.7 Å². The highest BCUT2D eigenvalue weighted by Crippen LogP contribution is 2.23. The maximum atomic E-state index is 4.04. The van der Waals surface area contributed by atoms with E-state index in [1.807, 2.05) is 0 Å². The summed E-state index contributed by atoms with van der Waals surface area (Å²) in [7, 11) is 2.11. The molecule has 0 aromatic heterocycles. The summed E-state index contributed by atoms with van der Waals surface area (Å²) in [4.78, 5) is 2.23. The Morgan fingerprint density at radius 2 is 2.00 bits per heavy atom. The molecule has 0 saturated heterocycles. The summed E-state index contributed by atoms with van der Waals surface area (Å²) in [6, 6.07) is 0. The van der Waals surface area contributed by atoms with Crippen molar-refractivity contribution in [3.8, 4) is 0 Å². The van der Waals surface area contributed by atoms with Gasteiger partial charge in [0.25, 0.3) is 0 Å². The van der Waals surface area contributed by atoms with Crippen LogP contribution in [0.25, 0.3) is 0 Å². The standard InChI is InChI=1S/C15H23N/c1-13-8-6-9-15(3,4)10-7-11-16(5)14(2)12-13/h6-8,10,12H,1,9,11H2,2-5H3/b8-6-,10-7+,14-12+. The third-order valence-electron chi connectivity index (χ3n) is 2.92. The largest absolute Gasteiger partial charge is 0.374 e. The normalized spacial score (nSPS) is 28.9. The highest BCUT2D eigenvalue weighted by molar-refractivity contribution is 5.30. The van der Waals surface area contributed by atoms with Crippen LogP contribution in [0.4, 0.5) is 0 Å². The van der Waals surface area contributed by atoms with Crippen LogP contribution >= 0.6 is 0 Å². The predicted octanol–water partition coefficient (Wildman–Crippen LogP) is 3.92. The van der Waals surface area contributed by atoms with Crippen LogP contribution < -0.4 is 0 Å². The van der Waals surface area contributed by atoms with E-state index in [9.17, 15) is 0 Å². The van der Waals surface area contributed by atoms with Crippen LogP contribution in [0.1, 0.15) is 27.2 Å². The maximum absolute atomic E-state index is 4.04. The van der Waals surface area contributed by atoms with Crippen LogP contribution in [0, 0.1) is 5.41 Å². The summed E-state index contributed by atoms with van der Waals surface area (Å²) < 4.78 is 0. The summed E-state index contributed by atoms with van der Waals surface area (Å²) in [5.41, 5.74) is 2.55. The van der Waals surface area contributed by atoms with Crippen molar-refractivity contribution < 1.29 is 0 Å². The Bertz CT molecular complexity index is 342. The minimum Gasteiger partial charge on any atom is -0.374 e. The molecular formula is C15H23N. The molecule has 0 amide bonds. The molecule has 1 aliphatic heterocycles. The second-order valence-electron chi connectivity index (χ2n) is 5.24. The quantitative estimate of drug-likeness (QED) is 0.556. The number of rotatable bonds is 0. The Morgan fingerprint density at radius 1 is 1.31 bits per heavy atom. The third-order valence-corrected chi connectivity index (χ3v) is 2.92. The molecule has 0 aliphatic carbocycles. The van der Waals surface area contributed by atoms with Crippen LogP contribution in [0.3, 0.4) is 0 Å². The molecule has 1 heterocycles. The van der Waals surface area contributed by atoms with Gasteiger partial charge in [0, 0.05) is 19.3 Å². The van der Waals surface area contributed by atoms with Crippen LogP contribution in [0.5, 0.6) is 0 Å². The van der Waals surface area contributed by atoms with Gasteiger partial charge in [-0.1, -0.05) is 44.7 Å². The van der Waals surface area contributed by atoms with Gasteiger partial charge in [0.2, 0.25) is 0 Å². The molecule has 0 N–H and O–H groups in total. The SMILES string of the molecule is C=C1/C=C\CC(C)(C)/C=C/CN(C)/C(C)=C/1. The molecule has 0 unspecified atom stereocenters. The minimum absolute atomic E-state index is 0.232. The average Bonchev–Trinajstić information content (AvgIpc) is 2.16. The summed E-state index contributed by atoms with van der Waals surface area (Å²) in [6.45, 7) is 11.6. The molecule has 0 fully saturated rings. The molecule has 0 atom stereocenters. The zero-order chi connectivity index (χ0) is 12.2. The van der Waals surface area contributed by atoms with E-state index in [0.29, 0.717) is 0 Å². The fourth-order valence-corrected chi connectivity index (χ4v) is 1.68. The number of likely N-dealkylation sites (N-methyl/N-ethyl adjacent to an activating group) is 1. The van der Waals surface area contributed by atoms with Gasteiger partial charge in [0.1, 0.15) is 0 Å². The predicted molar refractivity (Wildman–Crippen MR) is 72.2 cm³/mol. The molecule has 16 heavy (non-hydrogen) atoms. The summed E-state index contributed by atoms with van der Waals surface area (Å²) in [6.07, 6.45) is 12.1. The van der Waals surface area contributed by atoms with Gasteiger partial charge in [-0.05, 0) is 30.4 Å². The van der Waals surface area contributed by atoms with Crippen molar-refractivity contribution in [2.24, 2.45) is 5.41 Å². The molecule has 1 aliphatic rings. The Morgan fingerprint density at radius 3 is 2.69 bits per heavy atom. The van der Waals surface area contributed by atoms with Gasteiger partial charge in [0.15, 0.2) is 0 Å². The zero-order valence-electron chi connectivity index (χ0n) is 11.0. The first-order valence-corrected chi connectivity index (χ1v) is 5.83. The Labute approximate surface area is 99.8 Å². The number of hydrogen-bond donors (Lipinski definition) is 0. The van der Waals surface area contributed by atoms with E-state index >= 15 is 0 Å². The lowest BCUT2D eigenvalue weighted by Gasteiger charge is -2.20. The molecule has 88 valence electrons. The van der Waals surface area contributed by atoms with Gasteiger partial charge < -0.3 is 4.90 Å². The molecule has 0 bridgehead atoms. The van der Waals surface area contributed by atoms with E-state index in [1.54, 1.807) is 0 Å². The highest BCUT2D eigenvalue weighted by Gasteiger charge is 2.11. The average molecular weight is 217 g/mol. The fourth-order valence-electron chi connectivity index (χ4n) is 1.68. The van der Waals surface area contributed by atoms with Crippen molar-refractivity contribution in [3.63, 3.8) is 0 Å². The first-order valence-electron chi connectivity index (χ1n) is 5.83. The summed E-state index contributed by atoms with van der Waals surface area (Å²) in [5.74, 6) is 0. The Kier molecular flexibility index (Phi) is 4.17. The van der Waals surface area contributed by atoms with Crippen LogP contribution in [-0.4, -0.2) is 18.5 Å². The van der Waals surface area contributed by atoms with Gasteiger partial charge in [0.05, 0.1) is 0 Å². The molecule has 0 radical (unpaired) electrons. The second kappa shape index (κ2) is 5.20. The highest BCUT2D eigenvalue weighted by atomic mass is 15.1. The van der Waals surface area contributed by atoms with E-state index in [-0.39, 0.29) is 5.41 Å². The summed E-state index contributed by atoms with van der Waals surface area (Å²) in [5, 5.41) is 0. The first kappa shape index (κ1) is 12.8. The number of allylic oxidation sites excluding steroid dienone is 6. The summed E-state index contributed by atoms with van der Waals surface area (Å²) >= 11 is 0. The Hall–Kier alpha value is -1.24. The van der Waals surface area contributed by atoms with Gasteiger partial charge in [-0.2, -0.15) is 0 Å². The molecule has 0 aromatic rings. The zero-order valence-corrected chi connectivity index (χ0v) is 11.0. The smallest absolute Gasteiger partial charge is 0.0353 e. The van der Waals surface area contributed by atoms with Gasteiger partial charge in [-0.25, -0.2) is 0 Å². The lowest BCUT2D eigenvalue weighted by molar-refractivity contribution is 0.453. The Balaban J connectivity index is 2.92. The van der Waals surface area contributed by atoms with Crippen molar-refractivity contribution in [3.05, 3.63) is 48.2 Å². The van der Waals surface area contributed by atoms with E-state index < -0.39 is 0 Å². The van der Waals surface area contributed by atoms with Crippen molar-refractivity contribution in [2.75, 3.05) is 13.6 Å². The molecule has 1 nitrogen and oxygen atoms in total. The monoisotopic (exact) mass is 217 g/mol. The number of hydrogen-bond acceptors (Lipinski definition) is 1. The number of nitrogens with zero attached hydrogens (tertiary/aromatic N) is 1. The third kappa shape index (κ3) is 4.09. The molecule has 1 heteroatoms. The van der Waals surface area contributed by atoms with Crippen LogP contribution in [-0.2, 0) is 0 Å². The van der Waals surface area contributed by atoms with E-state index in [4.69, 9.17) is 0 Å². The lowest BCUT2D eigenvalue weighted by Crippen LogP contribution is -2.16. The van der Waals surface area contributed by atoms with Crippen LogP contribution in [0.2, 0.25) is 0 Å².